The number of hydrogen-bond donors (Lipinski definition) is 2. The van der Waals surface area contributed by atoms with Gasteiger partial charge >= 0.3 is 0 Å². The van der Waals surface area contributed by atoms with Crippen molar-refractivity contribution in [3.05, 3.63) is 35.4 Å². The van der Waals surface area contributed by atoms with Crippen molar-refractivity contribution >= 4 is 0 Å². The van der Waals surface area contributed by atoms with Gasteiger partial charge in [-0.3, -0.25) is 0 Å². The Hall–Kier alpha value is -0.860. The molecule has 86 valence electrons. The number of benzene rings is 1. The van der Waals surface area contributed by atoms with E-state index >= 15 is 0 Å². The third kappa shape index (κ3) is 2.13. The molecule has 2 aliphatic carbocycles. The highest BCUT2D eigenvalue weighted by atomic mass is 16.3. The maximum Gasteiger partial charge on any atom is 0.0626 e. The van der Waals surface area contributed by atoms with Crippen molar-refractivity contribution in [1.82, 2.24) is 5.32 Å². The van der Waals surface area contributed by atoms with Crippen LogP contribution < -0.4 is 5.32 Å². The lowest BCUT2D eigenvalue weighted by Gasteiger charge is -2.19. The van der Waals surface area contributed by atoms with Crippen LogP contribution in [0.2, 0.25) is 0 Å². The minimum absolute atomic E-state index is 0.143. The smallest absolute Gasteiger partial charge is 0.0626 e. The average molecular weight is 217 g/mol. The molecule has 2 fully saturated rings. The molecule has 0 saturated heterocycles. The van der Waals surface area contributed by atoms with Crippen molar-refractivity contribution in [3.63, 3.8) is 0 Å². The van der Waals surface area contributed by atoms with Crippen LogP contribution in [0.4, 0.5) is 0 Å². The van der Waals surface area contributed by atoms with Gasteiger partial charge in [-0.25, -0.2) is 0 Å². The Bertz CT molecular complexity index is 369. The second-order valence-corrected chi connectivity index (χ2v) is 5.08. The van der Waals surface area contributed by atoms with Gasteiger partial charge in [-0.2, -0.15) is 0 Å². The SMILES string of the molecule is OCC(NC1CC1)c1ccccc1C1CC1. The van der Waals surface area contributed by atoms with Crippen molar-refractivity contribution in [2.24, 2.45) is 0 Å². The van der Waals surface area contributed by atoms with Crippen LogP contribution in [0, 0.1) is 0 Å². The van der Waals surface area contributed by atoms with E-state index < -0.39 is 0 Å². The molecule has 0 bridgehead atoms. The molecule has 2 saturated carbocycles. The first kappa shape index (κ1) is 10.3. The molecular weight excluding hydrogens is 198 g/mol. The van der Waals surface area contributed by atoms with E-state index in [1.165, 1.54) is 36.8 Å². The molecule has 1 unspecified atom stereocenters. The summed E-state index contributed by atoms with van der Waals surface area (Å²) in [7, 11) is 0. The summed E-state index contributed by atoms with van der Waals surface area (Å²) in [6, 6.07) is 9.38. The summed E-state index contributed by atoms with van der Waals surface area (Å²) in [5.74, 6) is 0.756. The zero-order valence-electron chi connectivity index (χ0n) is 9.52. The van der Waals surface area contributed by atoms with Gasteiger partial charge in [0.15, 0.2) is 0 Å². The van der Waals surface area contributed by atoms with Gasteiger partial charge in [0.25, 0.3) is 0 Å². The molecule has 2 N–H and O–H groups in total. The monoisotopic (exact) mass is 217 g/mol. The van der Waals surface area contributed by atoms with E-state index in [1.807, 2.05) is 0 Å². The van der Waals surface area contributed by atoms with E-state index in [1.54, 1.807) is 0 Å². The molecule has 2 aliphatic rings. The number of hydrogen-bond acceptors (Lipinski definition) is 2. The highest BCUT2D eigenvalue weighted by Crippen LogP contribution is 2.43. The number of aliphatic hydroxyl groups excluding tert-OH is 1. The first-order valence-electron chi connectivity index (χ1n) is 6.34. The van der Waals surface area contributed by atoms with Gasteiger partial charge in [0.05, 0.1) is 12.6 Å². The van der Waals surface area contributed by atoms with Crippen LogP contribution >= 0.6 is 0 Å². The van der Waals surface area contributed by atoms with Crippen molar-refractivity contribution in [3.8, 4) is 0 Å². The van der Waals surface area contributed by atoms with E-state index in [0.717, 1.165) is 5.92 Å². The Balaban J connectivity index is 1.83. The lowest BCUT2D eigenvalue weighted by molar-refractivity contribution is 0.243. The minimum atomic E-state index is 0.143. The Labute approximate surface area is 96.7 Å². The summed E-state index contributed by atoms with van der Waals surface area (Å²) in [6.07, 6.45) is 5.17. The first-order valence-corrected chi connectivity index (χ1v) is 6.34. The Kier molecular flexibility index (Phi) is 2.70. The molecule has 0 aromatic heterocycles. The van der Waals surface area contributed by atoms with Gasteiger partial charge in [-0.05, 0) is 42.7 Å². The van der Waals surface area contributed by atoms with Gasteiger partial charge in [0.2, 0.25) is 0 Å². The molecule has 2 heteroatoms. The average Bonchev–Trinajstić information content (AvgIpc) is 3.18. The van der Waals surface area contributed by atoms with E-state index in [9.17, 15) is 5.11 Å². The first-order chi connectivity index (χ1) is 7.88. The fourth-order valence-corrected chi connectivity index (χ4v) is 2.37. The second-order valence-electron chi connectivity index (χ2n) is 5.08. The molecule has 0 spiro atoms. The molecular formula is C14H19NO. The van der Waals surface area contributed by atoms with Gasteiger partial charge < -0.3 is 10.4 Å². The number of aliphatic hydroxyl groups is 1. The zero-order chi connectivity index (χ0) is 11.0. The quantitative estimate of drug-likeness (QED) is 0.793. The predicted octanol–water partition coefficient (Wildman–Crippen LogP) is 2.35. The predicted molar refractivity (Wildman–Crippen MR) is 64.4 cm³/mol. The summed E-state index contributed by atoms with van der Waals surface area (Å²) >= 11 is 0. The van der Waals surface area contributed by atoms with Crippen LogP contribution in [0.25, 0.3) is 0 Å². The highest BCUT2D eigenvalue weighted by Gasteiger charge is 2.30. The summed E-state index contributed by atoms with van der Waals surface area (Å²) in [5.41, 5.74) is 2.77. The second kappa shape index (κ2) is 4.19. The molecule has 0 radical (unpaired) electrons. The Morgan fingerprint density at radius 3 is 2.56 bits per heavy atom. The molecule has 3 rings (SSSR count). The van der Waals surface area contributed by atoms with Crippen molar-refractivity contribution in [2.75, 3.05) is 6.61 Å². The zero-order valence-corrected chi connectivity index (χ0v) is 9.52. The van der Waals surface area contributed by atoms with Crippen molar-refractivity contribution in [2.45, 2.75) is 43.7 Å². The molecule has 2 nitrogen and oxygen atoms in total. The molecule has 0 aliphatic heterocycles. The highest BCUT2D eigenvalue weighted by molar-refractivity contribution is 5.35. The maximum absolute atomic E-state index is 9.52. The van der Waals surface area contributed by atoms with E-state index in [-0.39, 0.29) is 12.6 Å². The topological polar surface area (TPSA) is 32.3 Å². The van der Waals surface area contributed by atoms with Gasteiger partial charge in [0.1, 0.15) is 0 Å². The fourth-order valence-electron chi connectivity index (χ4n) is 2.37. The van der Waals surface area contributed by atoms with E-state index in [2.05, 4.69) is 29.6 Å². The Morgan fingerprint density at radius 1 is 1.19 bits per heavy atom. The van der Waals surface area contributed by atoms with Crippen LogP contribution in [-0.4, -0.2) is 17.8 Å². The third-order valence-corrected chi connectivity index (χ3v) is 3.59. The number of rotatable bonds is 5. The van der Waals surface area contributed by atoms with Crippen LogP contribution in [0.15, 0.2) is 24.3 Å². The summed E-state index contributed by atoms with van der Waals surface area (Å²) < 4.78 is 0. The molecule has 0 heterocycles. The van der Waals surface area contributed by atoms with Crippen molar-refractivity contribution in [1.29, 1.82) is 0 Å². The molecule has 16 heavy (non-hydrogen) atoms. The van der Waals surface area contributed by atoms with Crippen molar-refractivity contribution < 1.29 is 5.11 Å². The molecule has 1 aromatic rings. The summed E-state index contributed by atoms with van der Waals surface area (Å²) in [5, 5.41) is 13.1. The normalized spacial score (nSPS) is 22.1. The van der Waals surface area contributed by atoms with Crippen LogP contribution in [0.1, 0.15) is 48.8 Å². The van der Waals surface area contributed by atoms with E-state index in [4.69, 9.17) is 0 Å². The van der Waals surface area contributed by atoms with Gasteiger partial charge in [0, 0.05) is 6.04 Å². The third-order valence-electron chi connectivity index (χ3n) is 3.59. The van der Waals surface area contributed by atoms with Gasteiger partial charge in [-0.15, -0.1) is 0 Å². The number of nitrogens with one attached hydrogen (secondary N) is 1. The van der Waals surface area contributed by atoms with E-state index in [0.29, 0.717) is 6.04 Å². The minimum Gasteiger partial charge on any atom is -0.394 e. The summed E-state index contributed by atoms with van der Waals surface area (Å²) in [4.78, 5) is 0. The maximum atomic E-state index is 9.52. The lowest BCUT2D eigenvalue weighted by atomic mass is 9.97. The lowest BCUT2D eigenvalue weighted by Crippen LogP contribution is -2.27. The van der Waals surface area contributed by atoms with Crippen LogP contribution in [-0.2, 0) is 0 Å². The summed E-state index contributed by atoms with van der Waals surface area (Å²) in [6.45, 7) is 0.209. The van der Waals surface area contributed by atoms with Crippen LogP contribution in [0.5, 0.6) is 0 Å². The standard InChI is InChI=1S/C14H19NO/c16-9-14(15-11-7-8-11)13-4-2-1-3-12(13)10-5-6-10/h1-4,10-11,14-16H,5-9H2. The largest absolute Gasteiger partial charge is 0.394 e. The Morgan fingerprint density at radius 2 is 1.94 bits per heavy atom. The molecule has 1 aromatic carbocycles. The molecule has 0 amide bonds. The molecule has 1 atom stereocenters. The van der Waals surface area contributed by atoms with Crippen LogP contribution in [0.3, 0.4) is 0 Å². The van der Waals surface area contributed by atoms with Gasteiger partial charge in [-0.1, -0.05) is 24.3 Å². The fraction of sp³-hybridized carbons (Fsp3) is 0.571.